The van der Waals surface area contributed by atoms with Crippen LogP contribution in [0.4, 0.5) is 18.9 Å². The number of alkyl halides is 3. The van der Waals surface area contributed by atoms with Gasteiger partial charge in [-0.3, -0.25) is 4.79 Å². The van der Waals surface area contributed by atoms with Gasteiger partial charge in [-0.25, -0.2) is 0 Å². The summed E-state index contributed by atoms with van der Waals surface area (Å²) in [5.41, 5.74) is -1.21. The summed E-state index contributed by atoms with van der Waals surface area (Å²) in [6.45, 7) is 1.58. The highest BCUT2D eigenvalue weighted by molar-refractivity contribution is 5.81. The Morgan fingerprint density at radius 3 is 2.36 bits per heavy atom. The van der Waals surface area contributed by atoms with Gasteiger partial charge < -0.3 is 10.6 Å². The van der Waals surface area contributed by atoms with Crippen molar-refractivity contribution < 1.29 is 18.0 Å². The number of nitrogens with one attached hydrogen (secondary N) is 2. The van der Waals surface area contributed by atoms with Gasteiger partial charge in [0, 0.05) is 5.69 Å². The Morgan fingerprint density at radius 2 is 1.91 bits per heavy atom. The van der Waals surface area contributed by atoms with Gasteiger partial charge in [0.2, 0.25) is 5.91 Å². The van der Waals surface area contributed by atoms with Crippen molar-refractivity contribution in [1.82, 2.24) is 5.32 Å². The SMILES string of the molecule is CC(C#N)(NC(=O)CNc1ccc(C(F)(F)F)cc1)C1CC1. The van der Waals surface area contributed by atoms with Crippen molar-refractivity contribution in [1.29, 1.82) is 5.26 Å². The molecule has 1 aliphatic carbocycles. The molecule has 2 rings (SSSR count). The summed E-state index contributed by atoms with van der Waals surface area (Å²) >= 11 is 0. The molecular formula is C15H16F3N3O. The quantitative estimate of drug-likeness (QED) is 0.879. The summed E-state index contributed by atoms with van der Waals surface area (Å²) in [6.07, 6.45) is -2.55. The Bertz CT molecular complexity index is 588. The number of amides is 1. The van der Waals surface area contributed by atoms with E-state index in [1.54, 1.807) is 6.92 Å². The van der Waals surface area contributed by atoms with Crippen LogP contribution in [0.15, 0.2) is 24.3 Å². The molecule has 0 heterocycles. The number of carbonyl (C=O) groups is 1. The largest absolute Gasteiger partial charge is 0.416 e. The maximum atomic E-state index is 12.4. The molecule has 0 aromatic heterocycles. The van der Waals surface area contributed by atoms with Crippen LogP contribution in [0.3, 0.4) is 0 Å². The lowest BCUT2D eigenvalue weighted by molar-refractivity contribution is -0.137. The van der Waals surface area contributed by atoms with Crippen LogP contribution < -0.4 is 10.6 Å². The fourth-order valence-corrected chi connectivity index (χ4v) is 2.18. The normalized spacial score (nSPS) is 17.2. The summed E-state index contributed by atoms with van der Waals surface area (Å²) in [6, 6.07) is 6.53. The average molecular weight is 311 g/mol. The molecule has 2 N–H and O–H groups in total. The second-order valence-electron chi connectivity index (χ2n) is 5.57. The maximum absolute atomic E-state index is 12.4. The summed E-state index contributed by atoms with van der Waals surface area (Å²) in [4.78, 5) is 11.8. The van der Waals surface area contributed by atoms with Crippen LogP contribution in [-0.2, 0) is 11.0 Å². The summed E-state index contributed by atoms with van der Waals surface area (Å²) in [5.74, 6) is -0.191. The lowest BCUT2D eigenvalue weighted by Gasteiger charge is -2.23. The van der Waals surface area contributed by atoms with Crippen molar-refractivity contribution in [2.24, 2.45) is 5.92 Å². The molecule has 1 unspecified atom stereocenters. The maximum Gasteiger partial charge on any atom is 0.416 e. The summed E-state index contributed by atoms with van der Waals surface area (Å²) < 4.78 is 37.3. The fraction of sp³-hybridized carbons (Fsp3) is 0.467. The first-order chi connectivity index (χ1) is 10.2. The van der Waals surface area contributed by atoms with E-state index in [0.717, 1.165) is 25.0 Å². The fourth-order valence-electron chi connectivity index (χ4n) is 2.18. The van der Waals surface area contributed by atoms with Gasteiger partial charge in [0.05, 0.1) is 18.2 Å². The molecule has 1 amide bonds. The van der Waals surface area contributed by atoms with Crippen LogP contribution in [0, 0.1) is 17.2 Å². The molecule has 118 valence electrons. The van der Waals surface area contributed by atoms with Crippen molar-refractivity contribution in [3.8, 4) is 6.07 Å². The number of hydrogen-bond donors (Lipinski definition) is 2. The van der Waals surface area contributed by atoms with Crippen molar-refractivity contribution in [3.05, 3.63) is 29.8 Å². The van der Waals surface area contributed by atoms with Gasteiger partial charge in [-0.1, -0.05) is 0 Å². The number of nitrogens with zero attached hydrogens (tertiary/aromatic N) is 1. The summed E-state index contributed by atoms with van der Waals surface area (Å²) in [7, 11) is 0. The Hall–Kier alpha value is -2.23. The third-order valence-corrected chi connectivity index (χ3v) is 3.69. The molecule has 1 atom stereocenters. The van der Waals surface area contributed by atoms with Crippen molar-refractivity contribution in [3.63, 3.8) is 0 Å². The average Bonchev–Trinajstić information content (AvgIpc) is 3.29. The Balaban J connectivity index is 1.87. The highest BCUT2D eigenvalue weighted by Crippen LogP contribution is 2.39. The van der Waals surface area contributed by atoms with E-state index in [4.69, 9.17) is 5.26 Å². The zero-order valence-corrected chi connectivity index (χ0v) is 12.0. The first-order valence-electron chi connectivity index (χ1n) is 6.88. The number of benzene rings is 1. The predicted molar refractivity (Wildman–Crippen MR) is 74.8 cm³/mol. The number of halogens is 3. The van der Waals surface area contributed by atoms with E-state index in [1.807, 2.05) is 0 Å². The number of hydrogen-bond acceptors (Lipinski definition) is 3. The minimum absolute atomic E-state index is 0.102. The molecule has 1 aromatic carbocycles. The molecule has 1 aromatic rings. The number of nitriles is 1. The smallest absolute Gasteiger partial charge is 0.376 e. The molecular weight excluding hydrogens is 295 g/mol. The van der Waals surface area contributed by atoms with Gasteiger partial charge in [-0.05, 0) is 49.9 Å². The van der Waals surface area contributed by atoms with Gasteiger partial charge in [0.1, 0.15) is 5.54 Å². The first-order valence-corrected chi connectivity index (χ1v) is 6.88. The molecule has 4 nitrogen and oxygen atoms in total. The predicted octanol–water partition coefficient (Wildman–Crippen LogP) is 2.93. The van der Waals surface area contributed by atoms with E-state index in [9.17, 15) is 18.0 Å². The molecule has 7 heteroatoms. The van der Waals surface area contributed by atoms with E-state index in [-0.39, 0.29) is 18.4 Å². The minimum Gasteiger partial charge on any atom is -0.376 e. The lowest BCUT2D eigenvalue weighted by Crippen LogP contribution is -2.48. The highest BCUT2D eigenvalue weighted by atomic mass is 19.4. The summed E-state index contributed by atoms with van der Waals surface area (Å²) in [5, 5.41) is 14.6. The van der Waals surface area contributed by atoms with Crippen molar-refractivity contribution in [2.75, 3.05) is 11.9 Å². The van der Waals surface area contributed by atoms with E-state index >= 15 is 0 Å². The Morgan fingerprint density at radius 1 is 1.32 bits per heavy atom. The molecule has 1 fully saturated rings. The van der Waals surface area contributed by atoms with Gasteiger partial charge in [0.15, 0.2) is 0 Å². The molecule has 1 saturated carbocycles. The Labute approximate surface area is 126 Å². The van der Waals surface area contributed by atoms with E-state index < -0.39 is 17.3 Å². The monoisotopic (exact) mass is 311 g/mol. The van der Waals surface area contributed by atoms with Crippen LogP contribution in [0.1, 0.15) is 25.3 Å². The van der Waals surface area contributed by atoms with Crippen molar-refractivity contribution in [2.45, 2.75) is 31.5 Å². The Kier molecular flexibility index (Phi) is 4.31. The van der Waals surface area contributed by atoms with Gasteiger partial charge >= 0.3 is 6.18 Å². The first kappa shape index (κ1) is 16.1. The van der Waals surface area contributed by atoms with Crippen LogP contribution in [0.2, 0.25) is 0 Å². The number of carbonyl (C=O) groups excluding carboxylic acids is 1. The molecule has 0 saturated heterocycles. The topological polar surface area (TPSA) is 64.9 Å². The van der Waals surface area contributed by atoms with Gasteiger partial charge in [-0.15, -0.1) is 0 Å². The van der Waals surface area contributed by atoms with Crippen LogP contribution in [0.25, 0.3) is 0 Å². The minimum atomic E-state index is -4.38. The standard InChI is InChI=1S/C15H16F3N3O/c1-14(9-19,10-2-3-10)21-13(22)8-20-12-6-4-11(5-7-12)15(16,17)18/h4-7,10,20H,2-3,8H2,1H3,(H,21,22). The van der Waals surface area contributed by atoms with E-state index in [2.05, 4.69) is 16.7 Å². The number of anilines is 1. The van der Waals surface area contributed by atoms with E-state index in [1.165, 1.54) is 12.1 Å². The third-order valence-electron chi connectivity index (χ3n) is 3.69. The highest BCUT2D eigenvalue weighted by Gasteiger charge is 2.42. The van der Waals surface area contributed by atoms with Crippen molar-refractivity contribution >= 4 is 11.6 Å². The van der Waals surface area contributed by atoms with Gasteiger partial charge in [-0.2, -0.15) is 18.4 Å². The lowest BCUT2D eigenvalue weighted by atomic mass is 9.98. The van der Waals surface area contributed by atoms with Crippen LogP contribution >= 0.6 is 0 Å². The molecule has 0 radical (unpaired) electrons. The second-order valence-corrected chi connectivity index (χ2v) is 5.57. The zero-order chi connectivity index (χ0) is 16.4. The van der Waals surface area contributed by atoms with Gasteiger partial charge in [0.25, 0.3) is 0 Å². The molecule has 22 heavy (non-hydrogen) atoms. The molecule has 0 spiro atoms. The van der Waals surface area contributed by atoms with Crippen LogP contribution in [0.5, 0.6) is 0 Å². The van der Waals surface area contributed by atoms with E-state index in [0.29, 0.717) is 5.69 Å². The molecule has 0 bridgehead atoms. The molecule has 0 aliphatic heterocycles. The molecule has 1 aliphatic rings. The van der Waals surface area contributed by atoms with Crippen LogP contribution in [-0.4, -0.2) is 18.0 Å². The second kappa shape index (κ2) is 5.87. The zero-order valence-electron chi connectivity index (χ0n) is 12.0. The third kappa shape index (κ3) is 3.91. The number of rotatable bonds is 5.